The molecule has 38 heteroatoms. The maximum atomic E-state index is 14.8. The van der Waals surface area contributed by atoms with E-state index < -0.39 is 181 Å². The monoisotopic (exact) mass is 1770 g/mol. The number of carboxylic acids is 2. The summed E-state index contributed by atoms with van der Waals surface area (Å²) in [5.41, 5.74) is 37.5. The molecule has 3 saturated carbocycles. The summed E-state index contributed by atoms with van der Waals surface area (Å²) < 4.78 is 6.04. The number of allylic oxidation sites excluding steroid dienone is 1. The van der Waals surface area contributed by atoms with Crippen LogP contribution in [0.15, 0.2) is 47.1 Å². The van der Waals surface area contributed by atoms with E-state index in [0.29, 0.717) is 58.9 Å². The fraction of sp³-hybridized carbons (Fsp3) is 0.698. The molecule has 7 rings (SSSR count). The third-order valence-electron chi connectivity index (χ3n) is 25.5. The summed E-state index contributed by atoms with van der Waals surface area (Å²) >= 11 is 0. The standard InChI is InChI=1S/C86H136N18O18S2/c1-46(2)17-14-18-49(7)55-26-27-56-54-25-24-51-41-52(30-32-85(51,8)57(54)31-33-86(55,56)9)122-84(121)94-36-38-123-124-45-58(88)73(110)96-60(21-12-13-34-87)76(113)103-71(48(5)6)81(118)104-37-16-23-67(104)80(117)98-61(22-15-35-93-83(91)92)74(111)101-65(42-69(90)106)78(115)97-62(28-29-68(89)105)75(112)102-66(43-70(107)108)79(116)100-64(40-50-44-95-59-20-11-10-19-53(50)59)77(114)99-63(39-47(3)4)72(109)82(119)120/h10-11,19-20,24,44,46-49,52,54-58,60-67,71,95H,12-18,21-23,25-43,45,87-88H2,1-9H3,(H2,89,105)(H2,90,106)(H,94,121)(H,96,110)(H,97,115)(H,98,117)(H,99,114)(H,100,116)(H,101,111)(H,102,112)(H,103,113)(H,107,108)(H,119,120)(H4,91,92,93)/t49-,52+,54+,55-,56+,57+,58+,60+,61+,62+,63+,64+,65+,66+,67+,71+,85+,86-/m1/s1. The summed E-state index contributed by atoms with van der Waals surface area (Å²) in [5, 5.41) is 43.1. The number of ether oxygens (including phenoxy) is 1. The van der Waals surface area contributed by atoms with Gasteiger partial charge < -0.3 is 107 Å². The van der Waals surface area contributed by atoms with Crippen molar-refractivity contribution in [3.63, 3.8) is 0 Å². The SMILES string of the molecule is CC(C)CCC[C@@H](C)[C@H]1CC[C@H]2[C@@H]3CC=C4C[C@@H](OC(=O)NCCSSC[C@H](N)C(=O)N[C@@H](CCCCN)C(=O)N[C@H](C(=O)N5CCC[C@H]5C(=O)N[C@@H](CCCN=C(N)N)C(=O)N[C@@H](CC(N)=O)C(=O)N[C@@H](CCC(N)=O)C(=O)N[C@@H](CC(=O)O)C(=O)N[C@@H](Cc5c[nH]c6ccccc56)C(=O)N[C@@H](CC(C)C)C(=O)C(=O)O)C(C)C)CC[C@]4(C)[C@H]3CC[C@]12C. The van der Waals surface area contributed by atoms with Crippen LogP contribution in [0.3, 0.4) is 0 Å². The van der Waals surface area contributed by atoms with Gasteiger partial charge in [-0.2, -0.15) is 0 Å². The molecule has 4 fully saturated rings. The van der Waals surface area contributed by atoms with Gasteiger partial charge in [0.15, 0.2) is 5.96 Å². The van der Waals surface area contributed by atoms with Crippen LogP contribution in [0.4, 0.5) is 4.79 Å². The van der Waals surface area contributed by atoms with Gasteiger partial charge in [-0.3, -0.25) is 67.3 Å². The zero-order chi connectivity index (χ0) is 91.4. The van der Waals surface area contributed by atoms with Gasteiger partial charge in [0, 0.05) is 67.5 Å². The van der Waals surface area contributed by atoms with Crippen molar-refractivity contribution in [2.24, 2.45) is 97.6 Å². The van der Waals surface area contributed by atoms with Crippen molar-refractivity contribution in [1.82, 2.24) is 57.7 Å². The number of likely N-dealkylation sites (tertiary alicyclic amines) is 1. The van der Waals surface area contributed by atoms with Crippen molar-refractivity contribution < 1.29 is 86.9 Å². The summed E-state index contributed by atoms with van der Waals surface area (Å²) in [6, 6.07) is -8.76. The van der Waals surface area contributed by atoms with Gasteiger partial charge in [0.25, 0.3) is 5.78 Å². The fourth-order valence-electron chi connectivity index (χ4n) is 19.0. The Labute approximate surface area is 733 Å². The Morgan fingerprint density at radius 2 is 1.26 bits per heavy atom. The van der Waals surface area contributed by atoms with E-state index in [1.54, 1.807) is 52.0 Å². The number of para-hydroxylation sites is 1. The van der Waals surface area contributed by atoms with Crippen molar-refractivity contribution in [3.8, 4) is 0 Å². The van der Waals surface area contributed by atoms with E-state index in [2.05, 4.69) is 98.5 Å². The number of rotatable bonds is 51. The summed E-state index contributed by atoms with van der Waals surface area (Å²) in [6.45, 7) is 19.5. The Morgan fingerprint density at radius 3 is 1.90 bits per heavy atom. The Kier molecular flexibility index (Phi) is 39.5. The average Bonchev–Trinajstić information content (AvgIpc) is 1.45. The molecule has 0 unspecified atom stereocenters. The van der Waals surface area contributed by atoms with E-state index in [-0.39, 0.29) is 93.7 Å². The number of aliphatic imine (C=N–C) groups is 1. The number of benzene rings is 1. The number of carboxylic acid groups (broad SMARTS) is 2. The Bertz CT molecular complexity index is 4140. The molecule has 0 bridgehead atoms. The number of Topliss-reactive ketones (excluding diaryl/α,β-unsaturated/α-hetero) is 1. The first-order chi connectivity index (χ1) is 58.6. The molecular formula is C86H136N18O18S2. The summed E-state index contributed by atoms with van der Waals surface area (Å²) in [7, 11) is 2.73. The van der Waals surface area contributed by atoms with Crippen molar-refractivity contribution in [2.75, 3.05) is 37.7 Å². The number of nitrogens with zero attached hydrogens (tertiary/aromatic N) is 2. The molecule has 2 aromatic rings. The highest BCUT2D eigenvalue weighted by molar-refractivity contribution is 8.76. The molecule has 24 N–H and O–H groups in total. The van der Waals surface area contributed by atoms with Crippen molar-refractivity contribution >= 4 is 127 Å². The lowest BCUT2D eigenvalue weighted by Gasteiger charge is -2.58. The number of aliphatic carboxylic acids is 2. The van der Waals surface area contributed by atoms with E-state index in [0.717, 1.165) is 49.4 Å². The number of nitrogens with one attached hydrogen (secondary N) is 10. The number of H-pyrrole nitrogens is 1. The minimum absolute atomic E-state index is 0.00282. The first-order valence-corrected chi connectivity index (χ1v) is 46.4. The van der Waals surface area contributed by atoms with Gasteiger partial charge in [-0.15, -0.1) is 0 Å². The number of carbonyl (C=O) groups excluding carboxylic acids is 13. The van der Waals surface area contributed by atoms with Crippen LogP contribution in [-0.2, 0) is 78.3 Å². The average molecular weight is 1770 g/mol. The van der Waals surface area contributed by atoms with E-state index in [1.807, 2.05) is 0 Å². The summed E-state index contributed by atoms with van der Waals surface area (Å²) in [4.78, 5) is 213. The number of unbranched alkanes of at least 4 members (excludes halogenated alkanes) is 1. The number of nitrogens with two attached hydrogens (primary N) is 6. The van der Waals surface area contributed by atoms with E-state index in [9.17, 15) is 82.1 Å². The molecule has 124 heavy (non-hydrogen) atoms. The number of amides is 12. The van der Waals surface area contributed by atoms with Gasteiger partial charge >= 0.3 is 18.0 Å². The molecular weight excluding hydrogens is 1640 g/mol. The zero-order valence-electron chi connectivity index (χ0n) is 73.2. The van der Waals surface area contributed by atoms with Gasteiger partial charge in [-0.25, -0.2) is 9.59 Å². The molecule has 36 nitrogen and oxygen atoms in total. The Hall–Kier alpha value is -9.56. The lowest BCUT2D eigenvalue weighted by Crippen LogP contribution is -2.61. The molecule has 12 amide bonds. The largest absolute Gasteiger partial charge is 0.481 e. The molecule has 2 heterocycles. The molecule has 1 aromatic heterocycles. The van der Waals surface area contributed by atoms with Crippen molar-refractivity contribution in [2.45, 2.75) is 283 Å². The van der Waals surface area contributed by atoms with Crippen LogP contribution in [0.1, 0.15) is 216 Å². The van der Waals surface area contributed by atoms with E-state index in [4.69, 9.17) is 39.1 Å². The van der Waals surface area contributed by atoms with Crippen LogP contribution in [-0.4, -0.2) is 219 Å². The number of ketones is 1. The number of guanidine groups is 1. The quantitative estimate of drug-likeness (QED) is 0.0112. The molecule has 4 aliphatic carbocycles. The van der Waals surface area contributed by atoms with E-state index >= 15 is 0 Å². The van der Waals surface area contributed by atoms with Crippen LogP contribution < -0.4 is 82.3 Å². The number of alkyl carbamates (subject to hydrolysis) is 1. The minimum Gasteiger partial charge on any atom is -0.481 e. The predicted molar refractivity (Wildman–Crippen MR) is 471 cm³/mol. The van der Waals surface area contributed by atoms with Crippen LogP contribution in [0.2, 0.25) is 0 Å². The summed E-state index contributed by atoms with van der Waals surface area (Å²) in [6.07, 6.45) is 13.5. The van der Waals surface area contributed by atoms with Crippen LogP contribution >= 0.6 is 21.6 Å². The van der Waals surface area contributed by atoms with Crippen LogP contribution in [0, 0.1) is 58.2 Å². The normalized spacial score (nSPS) is 22.7. The van der Waals surface area contributed by atoms with Crippen molar-refractivity contribution in [3.05, 3.63) is 47.7 Å². The minimum atomic E-state index is -2.08. The highest BCUT2D eigenvalue weighted by atomic mass is 33.1. The van der Waals surface area contributed by atoms with Crippen molar-refractivity contribution in [1.29, 1.82) is 0 Å². The number of fused-ring (bicyclic) bond motifs is 6. The van der Waals surface area contributed by atoms with Gasteiger partial charge in [-0.05, 0) is 179 Å². The topological polar surface area (TPSA) is 602 Å². The number of aromatic nitrogens is 1. The molecule has 5 aliphatic rings. The molecule has 0 radical (unpaired) electrons. The smallest absolute Gasteiger partial charge is 0.407 e. The van der Waals surface area contributed by atoms with Crippen LogP contribution in [0.25, 0.3) is 10.9 Å². The lowest BCUT2D eigenvalue weighted by atomic mass is 9.47. The van der Waals surface area contributed by atoms with Gasteiger partial charge in [-0.1, -0.05) is 133 Å². The Morgan fingerprint density at radius 1 is 0.637 bits per heavy atom. The highest BCUT2D eigenvalue weighted by Crippen LogP contribution is 2.67. The second-order valence-corrected chi connectivity index (χ2v) is 38.5. The second kappa shape index (κ2) is 48.2. The predicted octanol–water partition coefficient (Wildman–Crippen LogP) is 3.58. The molecule has 690 valence electrons. The molecule has 18 atom stereocenters. The number of aromatic amines is 1. The van der Waals surface area contributed by atoms with E-state index in [1.165, 1.54) is 83.2 Å². The van der Waals surface area contributed by atoms with Gasteiger partial charge in [0.1, 0.15) is 54.4 Å². The fourth-order valence-corrected chi connectivity index (χ4v) is 21.0. The molecule has 1 saturated heterocycles. The Balaban J connectivity index is 0.940. The first kappa shape index (κ1) is 102. The molecule has 1 aliphatic heterocycles. The maximum Gasteiger partial charge on any atom is 0.407 e. The highest BCUT2D eigenvalue weighted by Gasteiger charge is 2.59. The number of primary amides is 2. The lowest BCUT2D eigenvalue weighted by molar-refractivity contribution is -0.150. The summed E-state index contributed by atoms with van der Waals surface area (Å²) in [5.74, 6) is -12.2. The maximum absolute atomic E-state index is 14.8. The first-order valence-electron chi connectivity index (χ1n) is 43.9. The van der Waals surface area contributed by atoms with Gasteiger partial charge in [0.2, 0.25) is 65.0 Å². The number of hydrogen-bond acceptors (Lipinski definition) is 21. The van der Waals surface area contributed by atoms with Gasteiger partial charge in [0.05, 0.1) is 24.9 Å². The third kappa shape index (κ3) is 29.3. The zero-order valence-corrected chi connectivity index (χ0v) is 74.9. The molecule has 0 spiro atoms. The number of hydrogen-bond donors (Lipinski definition) is 18. The number of carbonyl (C=O) groups is 15. The third-order valence-corrected chi connectivity index (χ3v) is 28.0. The second-order valence-electron chi connectivity index (χ2n) is 35.9. The van der Waals surface area contributed by atoms with Crippen LogP contribution in [0.5, 0.6) is 0 Å². The molecule has 1 aromatic carbocycles.